The Morgan fingerprint density at radius 3 is 2.62 bits per heavy atom. The van der Waals surface area contributed by atoms with Crippen LogP contribution in [0.2, 0.25) is 0 Å². The lowest BCUT2D eigenvalue weighted by Gasteiger charge is -2.05. The smallest absolute Gasteiger partial charge is 0.165 e. The number of aromatic nitrogens is 4. The molecule has 0 spiro atoms. The highest BCUT2D eigenvalue weighted by Crippen LogP contribution is 2.35. The van der Waals surface area contributed by atoms with Crippen LogP contribution in [0.25, 0.3) is 27.6 Å². The van der Waals surface area contributed by atoms with Gasteiger partial charge in [-0.15, -0.1) is 16.4 Å². The number of nitrogens with zero attached hydrogens (tertiary/aromatic N) is 4. The van der Waals surface area contributed by atoms with Crippen molar-refractivity contribution in [1.82, 2.24) is 20.0 Å². The average Bonchev–Trinajstić information content (AvgIpc) is 3.29. The number of hydrogen-bond donors (Lipinski definition) is 1. The van der Waals surface area contributed by atoms with E-state index in [0.717, 1.165) is 27.7 Å². The highest BCUT2D eigenvalue weighted by Gasteiger charge is 2.17. The third-order valence-electron chi connectivity index (χ3n) is 4.07. The quantitative estimate of drug-likeness (QED) is 0.594. The number of thiazole rings is 1. The van der Waals surface area contributed by atoms with E-state index >= 15 is 0 Å². The summed E-state index contributed by atoms with van der Waals surface area (Å²) in [5, 5.41) is 11.1. The van der Waals surface area contributed by atoms with Gasteiger partial charge in [0.1, 0.15) is 10.8 Å². The second kappa shape index (κ2) is 6.61. The molecule has 0 amide bonds. The van der Waals surface area contributed by atoms with Crippen molar-refractivity contribution < 1.29 is 4.74 Å². The third-order valence-corrected chi connectivity index (χ3v) is 4.92. The Hall–Kier alpha value is -3.19. The molecular weight excluding hydrogens is 346 g/mol. The van der Waals surface area contributed by atoms with Gasteiger partial charge in [0.15, 0.2) is 11.5 Å². The first-order chi connectivity index (χ1) is 12.7. The van der Waals surface area contributed by atoms with Gasteiger partial charge in [0.2, 0.25) is 0 Å². The van der Waals surface area contributed by atoms with Crippen LogP contribution in [0.1, 0.15) is 5.56 Å². The number of benzene rings is 2. The zero-order valence-corrected chi connectivity index (χ0v) is 15.2. The van der Waals surface area contributed by atoms with E-state index in [1.54, 1.807) is 11.8 Å². The van der Waals surface area contributed by atoms with Crippen molar-refractivity contribution >= 4 is 17.2 Å². The number of hydrogen-bond acceptors (Lipinski definition) is 6. The predicted molar refractivity (Wildman–Crippen MR) is 104 cm³/mol. The van der Waals surface area contributed by atoms with Crippen molar-refractivity contribution in [3.63, 3.8) is 0 Å². The Labute approximate surface area is 154 Å². The summed E-state index contributed by atoms with van der Waals surface area (Å²) < 4.78 is 7.04. The lowest BCUT2D eigenvalue weighted by Crippen LogP contribution is -2.02. The third kappa shape index (κ3) is 2.82. The highest BCUT2D eigenvalue weighted by molar-refractivity contribution is 7.13. The van der Waals surface area contributed by atoms with E-state index in [9.17, 15) is 0 Å². The van der Waals surface area contributed by atoms with Crippen LogP contribution in [0.3, 0.4) is 0 Å². The number of aryl methyl sites for hydroxylation is 1. The molecule has 0 aliphatic rings. The number of para-hydroxylation sites is 1. The van der Waals surface area contributed by atoms with Gasteiger partial charge in [-0.2, -0.15) is 4.68 Å². The SMILES string of the molecule is COc1ccccc1-c1csc(-c2nnn(-c3ccc(C)cc3)c2N)n1. The van der Waals surface area contributed by atoms with Gasteiger partial charge in [-0.25, -0.2) is 4.98 Å². The van der Waals surface area contributed by atoms with Crippen LogP contribution >= 0.6 is 11.3 Å². The van der Waals surface area contributed by atoms with E-state index in [0.29, 0.717) is 11.5 Å². The minimum absolute atomic E-state index is 0.467. The molecule has 6 nitrogen and oxygen atoms in total. The van der Waals surface area contributed by atoms with Crippen LogP contribution in [0.5, 0.6) is 5.75 Å². The zero-order valence-electron chi connectivity index (χ0n) is 14.4. The summed E-state index contributed by atoms with van der Waals surface area (Å²) in [6, 6.07) is 15.7. The number of nitrogen functional groups attached to an aromatic ring is 1. The molecule has 0 atom stereocenters. The first-order valence-electron chi connectivity index (χ1n) is 8.05. The molecule has 26 heavy (non-hydrogen) atoms. The molecule has 130 valence electrons. The summed E-state index contributed by atoms with van der Waals surface area (Å²) in [6.45, 7) is 2.04. The number of methoxy groups -OCH3 is 1. The van der Waals surface area contributed by atoms with Crippen LogP contribution < -0.4 is 10.5 Å². The molecule has 4 rings (SSSR count). The normalized spacial score (nSPS) is 10.8. The van der Waals surface area contributed by atoms with Crippen LogP contribution in [-0.2, 0) is 0 Å². The lowest BCUT2D eigenvalue weighted by atomic mass is 10.1. The Morgan fingerprint density at radius 1 is 1.08 bits per heavy atom. The van der Waals surface area contributed by atoms with Gasteiger partial charge < -0.3 is 10.5 Å². The molecule has 2 aromatic carbocycles. The molecule has 0 fully saturated rings. The molecule has 2 aromatic heterocycles. The Balaban J connectivity index is 1.72. The summed E-state index contributed by atoms with van der Waals surface area (Å²) in [7, 11) is 1.65. The molecule has 0 aliphatic heterocycles. The Kier molecular flexibility index (Phi) is 4.14. The lowest BCUT2D eigenvalue weighted by molar-refractivity contribution is 0.416. The molecule has 0 saturated heterocycles. The maximum atomic E-state index is 6.29. The highest BCUT2D eigenvalue weighted by atomic mass is 32.1. The minimum atomic E-state index is 0.467. The topological polar surface area (TPSA) is 78.9 Å². The molecule has 4 aromatic rings. The van der Waals surface area contributed by atoms with E-state index in [1.165, 1.54) is 16.9 Å². The van der Waals surface area contributed by atoms with Crippen molar-refractivity contribution in [2.75, 3.05) is 12.8 Å². The number of anilines is 1. The second-order valence-electron chi connectivity index (χ2n) is 5.81. The largest absolute Gasteiger partial charge is 0.496 e. The molecular formula is C19H17N5OS. The van der Waals surface area contributed by atoms with Crippen LogP contribution in [-0.4, -0.2) is 27.1 Å². The van der Waals surface area contributed by atoms with Gasteiger partial charge >= 0.3 is 0 Å². The molecule has 0 saturated carbocycles. The van der Waals surface area contributed by atoms with Gasteiger partial charge in [-0.05, 0) is 31.2 Å². The summed E-state index contributed by atoms with van der Waals surface area (Å²) in [6.07, 6.45) is 0. The van der Waals surface area contributed by atoms with Gasteiger partial charge in [0, 0.05) is 10.9 Å². The zero-order chi connectivity index (χ0) is 18.1. The fourth-order valence-electron chi connectivity index (χ4n) is 2.68. The van der Waals surface area contributed by atoms with E-state index in [1.807, 2.05) is 60.8 Å². The molecule has 2 N–H and O–H groups in total. The number of nitrogens with two attached hydrogens (primary N) is 1. The molecule has 2 heterocycles. The van der Waals surface area contributed by atoms with E-state index < -0.39 is 0 Å². The predicted octanol–water partition coefficient (Wildman–Crippen LogP) is 3.96. The molecule has 0 radical (unpaired) electrons. The van der Waals surface area contributed by atoms with E-state index in [4.69, 9.17) is 10.5 Å². The van der Waals surface area contributed by atoms with E-state index in [2.05, 4.69) is 15.3 Å². The average molecular weight is 363 g/mol. The van der Waals surface area contributed by atoms with Gasteiger partial charge in [-0.1, -0.05) is 35.0 Å². The van der Waals surface area contributed by atoms with Crippen molar-refractivity contribution in [3.05, 3.63) is 59.5 Å². The number of rotatable bonds is 4. The standard InChI is InChI=1S/C19H17N5OS/c1-12-7-9-13(10-8-12)24-18(20)17(22-23-24)19-21-15(11-26-19)14-5-3-4-6-16(14)25-2/h3-11H,20H2,1-2H3. The minimum Gasteiger partial charge on any atom is -0.496 e. The Morgan fingerprint density at radius 2 is 1.85 bits per heavy atom. The van der Waals surface area contributed by atoms with Crippen molar-refractivity contribution in [3.8, 4) is 33.4 Å². The first kappa shape index (κ1) is 16.3. The van der Waals surface area contributed by atoms with Crippen LogP contribution in [0.15, 0.2) is 53.9 Å². The van der Waals surface area contributed by atoms with E-state index in [-0.39, 0.29) is 0 Å². The summed E-state index contributed by atoms with van der Waals surface area (Å²) >= 11 is 1.48. The monoisotopic (exact) mass is 363 g/mol. The van der Waals surface area contributed by atoms with Crippen molar-refractivity contribution in [2.45, 2.75) is 6.92 Å². The molecule has 0 unspecified atom stereocenters. The van der Waals surface area contributed by atoms with Gasteiger partial charge in [0.05, 0.1) is 18.5 Å². The van der Waals surface area contributed by atoms with Gasteiger partial charge in [-0.3, -0.25) is 0 Å². The molecule has 0 bridgehead atoms. The van der Waals surface area contributed by atoms with Crippen molar-refractivity contribution in [2.24, 2.45) is 0 Å². The maximum Gasteiger partial charge on any atom is 0.165 e. The van der Waals surface area contributed by atoms with Gasteiger partial charge in [0.25, 0.3) is 0 Å². The Bertz CT molecular complexity index is 1050. The first-order valence-corrected chi connectivity index (χ1v) is 8.93. The van der Waals surface area contributed by atoms with Crippen LogP contribution in [0.4, 0.5) is 5.82 Å². The summed E-state index contributed by atoms with van der Waals surface area (Å²) in [5.41, 5.74) is 10.7. The second-order valence-corrected chi connectivity index (χ2v) is 6.67. The molecule has 0 aliphatic carbocycles. The van der Waals surface area contributed by atoms with Crippen LogP contribution in [0, 0.1) is 6.92 Å². The fourth-order valence-corrected chi connectivity index (χ4v) is 3.49. The summed E-state index contributed by atoms with van der Waals surface area (Å²) in [5.74, 6) is 1.25. The summed E-state index contributed by atoms with van der Waals surface area (Å²) in [4.78, 5) is 4.68. The number of ether oxygens (including phenoxy) is 1. The maximum absolute atomic E-state index is 6.29. The molecule has 7 heteroatoms. The van der Waals surface area contributed by atoms with Crippen molar-refractivity contribution in [1.29, 1.82) is 0 Å². The fraction of sp³-hybridized carbons (Fsp3) is 0.105.